The van der Waals surface area contributed by atoms with Crippen molar-refractivity contribution in [2.45, 2.75) is 25.2 Å². The molecule has 0 spiro atoms. The van der Waals surface area contributed by atoms with Crippen molar-refractivity contribution < 1.29 is 13.2 Å². The number of sulfonamides is 1. The molecule has 0 aliphatic heterocycles. The number of hydrogen-bond acceptors (Lipinski definition) is 5. The molecule has 0 saturated heterocycles. The molecular formula is C12H23N5O3S. The largest absolute Gasteiger partial charge is 0.381 e. The van der Waals surface area contributed by atoms with Crippen LogP contribution in [0.3, 0.4) is 0 Å². The summed E-state index contributed by atoms with van der Waals surface area (Å²) in [4.78, 5) is 13.2. The number of nitrogen functional groups attached to an aromatic ring is 1. The number of aryl methyl sites for hydroxylation is 1. The van der Waals surface area contributed by atoms with Gasteiger partial charge in [0.15, 0.2) is 5.82 Å². The van der Waals surface area contributed by atoms with Crippen LogP contribution in [-0.4, -0.2) is 60.5 Å². The summed E-state index contributed by atoms with van der Waals surface area (Å²) >= 11 is 0. The zero-order valence-corrected chi connectivity index (χ0v) is 13.9. The Morgan fingerprint density at radius 1 is 1.38 bits per heavy atom. The first-order chi connectivity index (χ1) is 9.62. The lowest BCUT2D eigenvalue weighted by Gasteiger charge is -2.22. The fourth-order valence-corrected chi connectivity index (χ4v) is 3.66. The molecule has 1 heterocycles. The number of anilines is 1. The van der Waals surface area contributed by atoms with Crippen LogP contribution in [0.4, 0.5) is 5.82 Å². The van der Waals surface area contributed by atoms with Gasteiger partial charge in [-0.25, -0.2) is 8.42 Å². The maximum Gasteiger partial charge on any atom is 0.249 e. The number of likely N-dealkylation sites (N-methyl/N-ethyl adjacent to an activating group) is 1. The average molecular weight is 317 g/mol. The Kier molecular flexibility index (Phi) is 5.35. The van der Waals surface area contributed by atoms with Gasteiger partial charge in [-0.05, 0) is 13.3 Å². The van der Waals surface area contributed by atoms with Crippen molar-refractivity contribution in [3.8, 4) is 0 Å². The molecule has 0 atom stereocenters. The van der Waals surface area contributed by atoms with Crippen molar-refractivity contribution in [1.29, 1.82) is 0 Å². The maximum absolute atomic E-state index is 12.8. The topological polar surface area (TPSA) is 102 Å². The minimum Gasteiger partial charge on any atom is -0.381 e. The number of nitrogens with zero attached hydrogens (tertiary/aromatic N) is 4. The van der Waals surface area contributed by atoms with E-state index in [0.717, 1.165) is 4.31 Å². The van der Waals surface area contributed by atoms with Gasteiger partial charge in [0.25, 0.3) is 0 Å². The highest BCUT2D eigenvalue weighted by atomic mass is 32.2. The third-order valence-corrected chi connectivity index (χ3v) is 5.20. The van der Waals surface area contributed by atoms with E-state index in [1.165, 1.54) is 9.58 Å². The van der Waals surface area contributed by atoms with E-state index >= 15 is 0 Å². The lowest BCUT2D eigenvalue weighted by molar-refractivity contribution is -0.128. The zero-order chi connectivity index (χ0) is 16.4. The molecule has 0 fully saturated rings. The summed E-state index contributed by atoms with van der Waals surface area (Å²) in [5.74, 6) is -0.333. The minimum absolute atomic E-state index is 0.0231. The van der Waals surface area contributed by atoms with Gasteiger partial charge in [0, 0.05) is 27.7 Å². The predicted molar refractivity (Wildman–Crippen MR) is 80.1 cm³/mol. The Hall–Kier alpha value is -1.61. The number of aromatic nitrogens is 2. The number of amides is 1. The van der Waals surface area contributed by atoms with Crippen LogP contribution in [0.15, 0.2) is 4.90 Å². The molecule has 0 bridgehead atoms. The second-order valence-corrected chi connectivity index (χ2v) is 6.92. The highest BCUT2D eigenvalue weighted by Gasteiger charge is 2.32. The molecule has 0 aliphatic carbocycles. The third kappa shape index (κ3) is 3.53. The molecule has 1 aromatic heterocycles. The Morgan fingerprint density at radius 2 is 1.95 bits per heavy atom. The first-order valence-corrected chi connectivity index (χ1v) is 8.06. The summed E-state index contributed by atoms with van der Waals surface area (Å²) in [6, 6.07) is 0. The van der Waals surface area contributed by atoms with E-state index in [0.29, 0.717) is 12.1 Å². The van der Waals surface area contributed by atoms with Crippen molar-refractivity contribution in [2.24, 2.45) is 7.05 Å². The highest BCUT2D eigenvalue weighted by Crippen LogP contribution is 2.25. The van der Waals surface area contributed by atoms with Gasteiger partial charge in [-0.3, -0.25) is 9.48 Å². The molecule has 9 heteroatoms. The van der Waals surface area contributed by atoms with Crippen LogP contribution in [0.2, 0.25) is 0 Å². The smallest absolute Gasteiger partial charge is 0.249 e. The molecule has 1 aromatic rings. The predicted octanol–water partition coefficient (Wildman–Crippen LogP) is -0.200. The van der Waals surface area contributed by atoms with Gasteiger partial charge in [-0.2, -0.15) is 9.40 Å². The van der Waals surface area contributed by atoms with Crippen LogP contribution in [0.1, 0.15) is 19.0 Å². The normalized spacial score (nSPS) is 11.9. The molecule has 0 aliphatic rings. The molecule has 0 radical (unpaired) electrons. The number of rotatable bonds is 6. The fourth-order valence-electron chi connectivity index (χ4n) is 1.89. The number of carbonyl (C=O) groups is 1. The summed E-state index contributed by atoms with van der Waals surface area (Å²) in [6.07, 6.45) is 0.596. The first-order valence-electron chi connectivity index (χ1n) is 6.62. The summed E-state index contributed by atoms with van der Waals surface area (Å²) in [7, 11) is 0.942. The fraction of sp³-hybridized carbons (Fsp3) is 0.667. The Morgan fingerprint density at radius 3 is 2.33 bits per heavy atom. The Bertz CT molecular complexity index is 621. The molecule has 120 valence electrons. The van der Waals surface area contributed by atoms with Gasteiger partial charge in [0.05, 0.1) is 12.2 Å². The maximum atomic E-state index is 12.8. The molecule has 0 aromatic carbocycles. The van der Waals surface area contributed by atoms with E-state index in [4.69, 9.17) is 5.73 Å². The van der Waals surface area contributed by atoms with Gasteiger partial charge >= 0.3 is 0 Å². The second-order valence-electron chi connectivity index (χ2n) is 5.05. The first kappa shape index (κ1) is 17.4. The molecule has 1 rings (SSSR count). The number of nitrogens with two attached hydrogens (primary N) is 1. The van der Waals surface area contributed by atoms with Gasteiger partial charge in [0.1, 0.15) is 4.90 Å². The Balaban J connectivity index is 3.25. The van der Waals surface area contributed by atoms with Crippen LogP contribution in [0, 0.1) is 6.92 Å². The standard InChI is InChI=1S/C12H23N5O3S/c1-6-7-17(8-10(18)15(3)4)21(19,20)11-9(2)16(5)14-12(11)13/h6-8H2,1-5H3,(H2,13,14). The van der Waals surface area contributed by atoms with Gasteiger partial charge in [-0.15, -0.1) is 0 Å². The van der Waals surface area contributed by atoms with Crippen molar-refractivity contribution in [3.63, 3.8) is 0 Å². The zero-order valence-electron chi connectivity index (χ0n) is 13.1. The molecule has 0 unspecified atom stereocenters. The average Bonchev–Trinajstić information content (AvgIpc) is 2.62. The monoisotopic (exact) mass is 317 g/mol. The Labute approximate surface area is 125 Å². The van der Waals surface area contributed by atoms with E-state index in [1.807, 2.05) is 6.92 Å². The SMILES string of the molecule is CCCN(CC(=O)N(C)C)S(=O)(=O)c1c(N)nn(C)c1C. The van der Waals surface area contributed by atoms with Crippen LogP contribution in [-0.2, 0) is 21.9 Å². The minimum atomic E-state index is -3.85. The van der Waals surface area contributed by atoms with Crippen molar-refractivity contribution >= 4 is 21.7 Å². The second kappa shape index (κ2) is 6.44. The summed E-state index contributed by atoms with van der Waals surface area (Å²) in [5, 5.41) is 3.93. The molecule has 2 N–H and O–H groups in total. The molecule has 8 nitrogen and oxygen atoms in total. The number of carbonyl (C=O) groups excluding carboxylic acids is 1. The van der Waals surface area contributed by atoms with Crippen LogP contribution in [0.5, 0.6) is 0 Å². The van der Waals surface area contributed by atoms with E-state index in [9.17, 15) is 13.2 Å². The highest BCUT2D eigenvalue weighted by molar-refractivity contribution is 7.89. The van der Waals surface area contributed by atoms with Crippen LogP contribution >= 0.6 is 0 Å². The summed E-state index contributed by atoms with van der Waals surface area (Å²) in [5.41, 5.74) is 6.17. The van der Waals surface area contributed by atoms with Crippen molar-refractivity contribution in [1.82, 2.24) is 19.0 Å². The van der Waals surface area contributed by atoms with E-state index < -0.39 is 10.0 Å². The van der Waals surface area contributed by atoms with E-state index in [-0.39, 0.29) is 29.7 Å². The molecule has 1 amide bonds. The molecular weight excluding hydrogens is 294 g/mol. The quantitative estimate of drug-likeness (QED) is 0.783. The molecule has 21 heavy (non-hydrogen) atoms. The third-order valence-electron chi connectivity index (χ3n) is 3.19. The van der Waals surface area contributed by atoms with Gasteiger partial charge in [-0.1, -0.05) is 6.92 Å². The summed E-state index contributed by atoms with van der Waals surface area (Å²) in [6.45, 7) is 3.52. The van der Waals surface area contributed by atoms with Crippen molar-refractivity contribution in [2.75, 3.05) is 32.9 Å². The van der Waals surface area contributed by atoms with E-state index in [1.54, 1.807) is 28.1 Å². The van der Waals surface area contributed by atoms with Gasteiger partial charge in [0.2, 0.25) is 15.9 Å². The van der Waals surface area contributed by atoms with Crippen molar-refractivity contribution in [3.05, 3.63) is 5.69 Å². The summed E-state index contributed by atoms with van der Waals surface area (Å²) < 4.78 is 28.1. The van der Waals surface area contributed by atoms with Crippen LogP contribution in [0.25, 0.3) is 0 Å². The van der Waals surface area contributed by atoms with Gasteiger partial charge < -0.3 is 10.6 Å². The molecule has 0 saturated carbocycles. The lowest BCUT2D eigenvalue weighted by Crippen LogP contribution is -2.41. The number of hydrogen-bond donors (Lipinski definition) is 1. The van der Waals surface area contributed by atoms with Crippen LogP contribution < -0.4 is 5.73 Å². The van der Waals surface area contributed by atoms with E-state index in [2.05, 4.69) is 5.10 Å². The lowest BCUT2D eigenvalue weighted by atomic mass is 10.4.